The molecule has 0 aliphatic carbocycles. The van der Waals surface area contributed by atoms with Crippen molar-refractivity contribution in [1.29, 1.82) is 0 Å². The summed E-state index contributed by atoms with van der Waals surface area (Å²) in [6, 6.07) is 0. The highest BCUT2D eigenvalue weighted by Crippen LogP contribution is 2.00. The summed E-state index contributed by atoms with van der Waals surface area (Å²) in [6.07, 6.45) is 1.15. The molecule has 0 N–H and O–H groups in total. The van der Waals surface area contributed by atoms with Crippen LogP contribution in [-0.4, -0.2) is 25.7 Å². The zero-order valence-electron chi connectivity index (χ0n) is 8.33. The Labute approximate surface area is 78.2 Å². The summed E-state index contributed by atoms with van der Waals surface area (Å²) in [5.74, 6) is -1.01. The molecular formula is C9H16O4. The van der Waals surface area contributed by atoms with Crippen LogP contribution in [0.5, 0.6) is 0 Å². The Kier molecular flexibility index (Phi) is 5.93. The Hall–Kier alpha value is -1.06. The standard InChI is InChI=1S/C9H16O4/c1-4-5-8(10)13-6-7(2)9(11)12-3/h7H,4-6H2,1-3H3. The van der Waals surface area contributed by atoms with Gasteiger partial charge in [-0.05, 0) is 13.3 Å². The fraction of sp³-hybridized carbons (Fsp3) is 0.778. The van der Waals surface area contributed by atoms with Crippen LogP contribution >= 0.6 is 0 Å². The Morgan fingerprint density at radius 1 is 1.38 bits per heavy atom. The average Bonchev–Trinajstić information content (AvgIpc) is 2.13. The van der Waals surface area contributed by atoms with Gasteiger partial charge in [-0.25, -0.2) is 0 Å². The van der Waals surface area contributed by atoms with Crippen LogP contribution in [0.1, 0.15) is 26.7 Å². The lowest BCUT2D eigenvalue weighted by molar-refractivity contribution is -0.152. The van der Waals surface area contributed by atoms with E-state index in [1.54, 1.807) is 6.92 Å². The van der Waals surface area contributed by atoms with Crippen molar-refractivity contribution in [2.45, 2.75) is 26.7 Å². The molecule has 0 aliphatic heterocycles. The molecule has 0 heterocycles. The molecular weight excluding hydrogens is 172 g/mol. The molecule has 4 nitrogen and oxygen atoms in total. The monoisotopic (exact) mass is 188 g/mol. The van der Waals surface area contributed by atoms with Crippen LogP contribution in [0.4, 0.5) is 0 Å². The third-order valence-electron chi connectivity index (χ3n) is 1.55. The van der Waals surface area contributed by atoms with Crippen molar-refractivity contribution in [3.8, 4) is 0 Å². The number of hydrogen-bond acceptors (Lipinski definition) is 4. The molecule has 0 saturated carbocycles. The lowest BCUT2D eigenvalue weighted by Crippen LogP contribution is -2.20. The van der Waals surface area contributed by atoms with Crippen LogP contribution in [0, 0.1) is 5.92 Å². The summed E-state index contributed by atoms with van der Waals surface area (Å²) in [7, 11) is 1.31. The summed E-state index contributed by atoms with van der Waals surface area (Å²) in [5.41, 5.74) is 0. The van der Waals surface area contributed by atoms with E-state index in [-0.39, 0.29) is 24.5 Å². The van der Waals surface area contributed by atoms with Crippen molar-refractivity contribution < 1.29 is 19.1 Å². The first kappa shape index (κ1) is 11.9. The molecule has 1 atom stereocenters. The zero-order chi connectivity index (χ0) is 10.3. The molecule has 0 radical (unpaired) electrons. The molecule has 13 heavy (non-hydrogen) atoms. The summed E-state index contributed by atoms with van der Waals surface area (Å²) >= 11 is 0. The molecule has 0 aromatic carbocycles. The van der Waals surface area contributed by atoms with E-state index >= 15 is 0 Å². The van der Waals surface area contributed by atoms with Crippen LogP contribution in [0.2, 0.25) is 0 Å². The second-order valence-corrected chi connectivity index (χ2v) is 2.86. The molecule has 0 fully saturated rings. The maximum atomic E-state index is 10.9. The summed E-state index contributed by atoms with van der Waals surface area (Å²) in [4.78, 5) is 21.8. The molecule has 76 valence electrons. The first-order valence-electron chi connectivity index (χ1n) is 4.35. The van der Waals surface area contributed by atoms with Gasteiger partial charge in [-0.3, -0.25) is 9.59 Å². The number of carbonyl (C=O) groups excluding carboxylic acids is 2. The van der Waals surface area contributed by atoms with E-state index in [4.69, 9.17) is 4.74 Å². The van der Waals surface area contributed by atoms with Gasteiger partial charge in [0.05, 0.1) is 13.0 Å². The normalized spacial score (nSPS) is 11.9. The summed E-state index contributed by atoms with van der Waals surface area (Å²) in [5, 5.41) is 0. The fourth-order valence-corrected chi connectivity index (χ4v) is 0.763. The number of carbonyl (C=O) groups is 2. The van der Waals surface area contributed by atoms with E-state index in [0.29, 0.717) is 6.42 Å². The van der Waals surface area contributed by atoms with E-state index in [0.717, 1.165) is 6.42 Å². The molecule has 0 saturated heterocycles. The average molecular weight is 188 g/mol. The first-order valence-corrected chi connectivity index (χ1v) is 4.35. The highest BCUT2D eigenvalue weighted by atomic mass is 16.5. The number of ether oxygens (including phenoxy) is 2. The smallest absolute Gasteiger partial charge is 0.311 e. The number of esters is 2. The molecule has 0 aliphatic rings. The lowest BCUT2D eigenvalue weighted by Gasteiger charge is -2.09. The van der Waals surface area contributed by atoms with Crippen molar-refractivity contribution in [2.24, 2.45) is 5.92 Å². The van der Waals surface area contributed by atoms with E-state index in [1.807, 2.05) is 6.92 Å². The maximum absolute atomic E-state index is 10.9. The number of methoxy groups -OCH3 is 1. The Balaban J connectivity index is 3.63. The van der Waals surface area contributed by atoms with Gasteiger partial charge in [0.25, 0.3) is 0 Å². The third kappa shape index (κ3) is 5.22. The molecule has 0 bridgehead atoms. The molecule has 4 heteroatoms. The van der Waals surface area contributed by atoms with Crippen LogP contribution in [-0.2, 0) is 19.1 Å². The van der Waals surface area contributed by atoms with Gasteiger partial charge in [0, 0.05) is 6.42 Å². The van der Waals surface area contributed by atoms with Crippen molar-refractivity contribution in [3.05, 3.63) is 0 Å². The minimum atomic E-state index is -0.384. The van der Waals surface area contributed by atoms with E-state index in [2.05, 4.69) is 4.74 Å². The predicted octanol–water partition coefficient (Wildman–Crippen LogP) is 1.14. The van der Waals surface area contributed by atoms with Gasteiger partial charge in [-0.15, -0.1) is 0 Å². The van der Waals surface area contributed by atoms with Gasteiger partial charge in [-0.1, -0.05) is 6.92 Å². The number of hydrogen-bond donors (Lipinski definition) is 0. The molecule has 1 unspecified atom stereocenters. The van der Waals surface area contributed by atoms with Gasteiger partial charge in [0.1, 0.15) is 6.61 Å². The van der Waals surface area contributed by atoms with Crippen LogP contribution in [0.3, 0.4) is 0 Å². The predicted molar refractivity (Wildman–Crippen MR) is 47.0 cm³/mol. The van der Waals surface area contributed by atoms with Gasteiger partial charge >= 0.3 is 11.9 Å². The van der Waals surface area contributed by atoms with Crippen molar-refractivity contribution >= 4 is 11.9 Å². The quantitative estimate of drug-likeness (QED) is 0.607. The van der Waals surface area contributed by atoms with Crippen LogP contribution in [0.25, 0.3) is 0 Å². The SMILES string of the molecule is CCCC(=O)OCC(C)C(=O)OC. The van der Waals surface area contributed by atoms with Gasteiger partial charge < -0.3 is 9.47 Å². The Morgan fingerprint density at radius 3 is 2.46 bits per heavy atom. The van der Waals surface area contributed by atoms with Crippen LogP contribution < -0.4 is 0 Å². The Morgan fingerprint density at radius 2 is 2.00 bits per heavy atom. The van der Waals surface area contributed by atoms with Crippen LogP contribution in [0.15, 0.2) is 0 Å². The van der Waals surface area contributed by atoms with Crippen molar-refractivity contribution in [3.63, 3.8) is 0 Å². The second kappa shape index (κ2) is 6.46. The van der Waals surface area contributed by atoms with E-state index in [1.165, 1.54) is 7.11 Å². The molecule has 0 aromatic rings. The Bertz CT molecular complexity index is 176. The van der Waals surface area contributed by atoms with Crippen molar-refractivity contribution in [2.75, 3.05) is 13.7 Å². The summed E-state index contributed by atoms with van der Waals surface area (Å²) < 4.78 is 9.30. The topological polar surface area (TPSA) is 52.6 Å². The lowest BCUT2D eigenvalue weighted by atomic mass is 10.2. The summed E-state index contributed by atoms with van der Waals surface area (Å²) in [6.45, 7) is 3.65. The largest absolute Gasteiger partial charge is 0.469 e. The number of rotatable bonds is 5. The molecule has 0 amide bonds. The molecule has 0 spiro atoms. The van der Waals surface area contributed by atoms with E-state index in [9.17, 15) is 9.59 Å². The highest BCUT2D eigenvalue weighted by Gasteiger charge is 2.14. The van der Waals surface area contributed by atoms with Crippen molar-refractivity contribution in [1.82, 2.24) is 0 Å². The fourth-order valence-electron chi connectivity index (χ4n) is 0.763. The minimum Gasteiger partial charge on any atom is -0.469 e. The second-order valence-electron chi connectivity index (χ2n) is 2.86. The third-order valence-corrected chi connectivity index (χ3v) is 1.55. The maximum Gasteiger partial charge on any atom is 0.311 e. The zero-order valence-corrected chi connectivity index (χ0v) is 8.33. The van der Waals surface area contributed by atoms with Gasteiger partial charge in [-0.2, -0.15) is 0 Å². The minimum absolute atomic E-state index is 0.103. The van der Waals surface area contributed by atoms with E-state index < -0.39 is 0 Å². The van der Waals surface area contributed by atoms with Gasteiger partial charge in [0.2, 0.25) is 0 Å². The van der Waals surface area contributed by atoms with Gasteiger partial charge in [0.15, 0.2) is 0 Å². The molecule has 0 aromatic heterocycles. The molecule has 0 rings (SSSR count). The highest BCUT2D eigenvalue weighted by molar-refractivity contribution is 5.73. The first-order chi connectivity index (χ1) is 6.11.